The van der Waals surface area contributed by atoms with Gasteiger partial charge >= 0.3 is 0 Å². The summed E-state index contributed by atoms with van der Waals surface area (Å²) in [6.45, 7) is 6.07. The predicted molar refractivity (Wildman–Crippen MR) is 40.9 cm³/mol. The van der Waals surface area contributed by atoms with E-state index in [0.29, 0.717) is 0 Å². The summed E-state index contributed by atoms with van der Waals surface area (Å²) in [4.78, 5) is 0. The van der Waals surface area contributed by atoms with Crippen LogP contribution in [0.1, 0.15) is 20.8 Å². The van der Waals surface area contributed by atoms with Crippen molar-refractivity contribution in [1.82, 2.24) is 0 Å². The SMILES string of the molecule is CC(C)(C)/C=C/[S+](N)[O-]. The first-order valence-corrected chi connectivity index (χ1v) is 4.04. The molecule has 0 aromatic heterocycles. The molecule has 1 atom stereocenters. The van der Waals surface area contributed by atoms with Gasteiger partial charge in [-0.3, -0.25) is 0 Å². The first kappa shape index (κ1) is 9.01. The van der Waals surface area contributed by atoms with Gasteiger partial charge in [0.1, 0.15) is 5.41 Å². The third kappa shape index (κ3) is 8.01. The van der Waals surface area contributed by atoms with E-state index < -0.39 is 11.4 Å². The molecule has 0 radical (unpaired) electrons. The second kappa shape index (κ2) is 3.25. The van der Waals surface area contributed by atoms with Gasteiger partial charge in [-0.15, -0.1) is 5.14 Å². The van der Waals surface area contributed by atoms with Crippen LogP contribution >= 0.6 is 0 Å². The standard InChI is InChI=1S/C6H13NOS/c1-6(2,3)4-5-9(7)8/h4-5H,7H2,1-3H3/b5-4+. The highest BCUT2D eigenvalue weighted by molar-refractivity contribution is 7.92. The average molecular weight is 147 g/mol. The molecule has 0 spiro atoms. The zero-order valence-electron chi connectivity index (χ0n) is 6.05. The molecule has 0 amide bonds. The Morgan fingerprint density at radius 2 is 1.89 bits per heavy atom. The lowest BCUT2D eigenvalue weighted by atomic mass is 9.98. The van der Waals surface area contributed by atoms with Crippen molar-refractivity contribution in [3.8, 4) is 0 Å². The highest BCUT2D eigenvalue weighted by Gasteiger charge is 2.05. The van der Waals surface area contributed by atoms with E-state index in [0.717, 1.165) is 0 Å². The highest BCUT2D eigenvalue weighted by Crippen LogP contribution is 2.14. The van der Waals surface area contributed by atoms with Gasteiger partial charge in [0, 0.05) is 0 Å². The van der Waals surface area contributed by atoms with Gasteiger partial charge in [-0.1, -0.05) is 20.8 Å². The fraction of sp³-hybridized carbons (Fsp3) is 0.667. The number of nitrogens with two attached hydrogens (primary N) is 1. The van der Waals surface area contributed by atoms with E-state index in [-0.39, 0.29) is 5.41 Å². The van der Waals surface area contributed by atoms with Crippen LogP contribution in [0, 0.1) is 5.41 Å². The van der Waals surface area contributed by atoms with Crippen LogP contribution in [0.3, 0.4) is 0 Å². The zero-order chi connectivity index (χ0) is 7.49. The van der Waals surface area contributed by atoms with Crippen molar-refractivity contribution in [3.05, 3.63) is 11.5 Å². The van der Waals surface area contributed by atoms with Crippen molar-refractivity contribution in [2.24, 2.45) is 10.6 Å². The molecule has 0 fully saturated rings. The molecular weight excluding hydrogens is 134 g/mol. The maximum atomic E-state index is 10.3. The van der Waals surface area contributed by atoms with Gasteiger partial charge < -0.3 is 4.55 Å². The molecule has 0 aliphatic heterocycles. The topological polar surface area (TPSA) is 49.1 Å². The lowest BCUT2D eigenvalue weighted by Gasteiger charge is -2.09. The summed E-state index contributed by atoms with van der Waals surface area (Å²) < 4.78 is 10.3. The first-order chi connectivity index (χ1) is 3.92. The van der Waals surface area contributed by atoms with Crippen molar-refractivity contribution in [1.29, 1.82) is 0 Å². The quantitative estimate of drug-likeness (QED) is 0.566. The van der Waals surface area contributed by atoms with Crippen LogP contribution in [0.5, 0.6) is 0 Å². The van der Waals surface area contributed by atoms with Crippen molar-refractivity contribution >= 4 is 11.4 Å². The summed E-state index contributed by atoms with van der Waals surface area (Å²) in [5.74, 6) is 0. The normalized spacial score (nSPS) is 16.6. The van der Waals surface area contributed by atoms with Crippen LogP contribution < -0.4 is 5.14 Å². The van der Waals surface area contributed by atoms with Gasteiger partial charge in [-0.2, -0.15) is 0 Å². The molecule has 54 valence electrons. The molecule has 0 rings (SSSR count). The van der Waals surface area contributed by atoms with Gasteiger partial charge in [-0.05, 0) is 11.5 Å². The number of hydrogen-bond donors (Lipinski definition) is 1. The molecule has 0 heterocycles. The minimum absolute atomic E-state index is 0.0784. The average Bonchev–Trinajstić information content (AvgIpc) is 1.59. The van der Waals surface area contributed by atoms with E-state index in [1.807, 2.05) is 26.8 Å². The monoisotopic (exact) mass is 147 g/mol. The second-order valence-electron chi connectivity index (χ2n) is 3.00. The summed E-state index contributed by atoms with van der Waals surface area (Å²) in [6.07, 6.45) is 1.84. The van der Waals surface area contributed by atoms with Gasteiger partial charge in [-0.25, -0.2) is 0 Å². The van der Waals surface area contributed by atoms with Crippen molar-refractivity contribution < 1.29 is 4.55 Å². The molecule has 3 heteroatoms. The summed E-state index contributed by atoms with van der Waals surface area (Å²) >= 11 is -1.29. The molecule has 0 saturated heterocycles. The number of allylic oxidation sites excluding steroid dienone is 1. The van der Waals surface area contributed by atoms with Crippen LogP contribution in [0.25, 0.3) is 0 Å². The Labute approximate surface area is 59.4 Å². The summed E-state index contributed by atoms with van der Waals surface area (Å²) in [5.41, 5.74) is 0.0784. The Kier molecular flexibility index (Phi) is 3.25. The first-order valence-electron chi connectivity index (χ1n) is 2.76. The molecular formula is C6H13NOS. The largest absolute Gasteiger partial charge is 0.594 e. The zero-order valence-corrected chi connectivity index (χ0v) is 6.87. The molecule has 1 unspecified atom stereocenters. The fourth-order valence-corrected chi connectivity index (χ4v) is 0.814. The minimum Gasteiger partial charge on any atom is -0.594 e. The van der Waals surface area contributed by atoms with E-state index in [9.17, 15) is 4.55 Å². The third-order valence-electron chi connectivity index (χ3n) is 0.702. The van der Waals surface area contributed by atoms with Crippen molar-refractivity contribution in [2.75, 3.05) is 0 Å². The predicted octanol–water partition coefficient (Wildman–Crippen LogP) is 1.17. The fourth-order valence-electron chi connectivity index (χ4n) is 0.271. The van der Waals surface area contributed by atoms with Crippen molar-refractivity contribution in [2.45, 2.75) is 20.8 Å². The van der Waals surface area contributed by atoms with Crippen LogP contribution in [0.4, 0.5) is 0 Å². The Morgan fingerprint density at radius 3 is 2.00 bits per heavy atom. The molecule has 2 N–H and O–H groups in total. The molecule has 0 aromatic rings. The van der Waals surface area contributed by atoms with E-state index in [4.69, 9.17) is 5.14 Å². The maximum absolute atomic E-state index is 10.3. The molecule has 0 bridgehead atoms. The third-order valence-corrected chi connectivity index (χ3v) is 1.11. The van der Waals surface area contributed by atoms with E-state index in [2.05, 4.69) is 0 Å². The van der Waals surface area contributed by atoms with Gasteiger partial charge in [0.05, 0.1) is 11.4 Å². The molecule has 9 heavy (non-hydrogen) atoms. The minimum atomic E-state index is -1.29. The Balaban J connectivity index is 3.71. The molecule has 0 aliphatic carbocycles. The van der Waals surface area contributed by atoms with E-state index >= 15 is 0 Å². The lowest BCUT2D eigenvalue weighted by molar-refractivity contribution is 0.543. The van der Waals surface area contributed by atoms with Gasteiger partial charge in [0.2, 0.25) is 0 Å². The van der Waals surface area contributed by atoms with E-state index in [1.54, 1.807) is 0 Å². The summed E-state index contributed by atoms with van der Waals surface area (Å²) in [6, 6.07) is 0. The molecule has 0 saturated carbocycles. The van der Waals surface area contributed by atoms with Crippen molar-refractivity contribution in [3.63, 3.8) is 0 Å². The Morgan fingerprint density at radius 1 is 1.44 bits per heavy atom. The van der Waals surface area contributed by atoms with Gasteiger partial charge in [0.25, 0.3) is 0 Å². The number of hydrogen-bond acceptors (Lipinski definition) is 2. The molecule has 0 aliphatic rings. The van der Waals surface area contributed by atoms with E-state index in [1.165, 1.54) is 5.41 Å². The Bertz CT molecular complexity index is 104. The lowest BCUT2D eigenvalue weighted by Crippen LogP contribution is -2.09. The second-order valence-corrected chi connectivity index (χ2v) is 3.93. The Hall–Kier alpha value is 0.01000. The van der Waals surface area contributed by atoms with Crippen LogP contribution in [0.2, 0.25) is 0 Å². The van der Waals surface area contributed by atoms with Crippen LogP contribution in [-0.2, 0) is 11.4 Å². The summed E-state index contributed by atoms with van der Waals surface area (Å²) in [7, 11) is 0. The maximum Gasteiger partial charge on any atom is 0.134 e. The molecule has 0 aromatic carbocycles. The summed E-state index contributed by atoms with van der Waals surface area (Å²) in [5, 5.41) is 6.48. The van der Waals surface area contributed by atoms with Crippen LogP contribution in [0.15, 0.2) is 11.5 Å². The van der Waals surface area contributed by atoms with Gasteiger partial charge in [0.15, 0.2) is 0 Å². The smallest absolute Gasteiger partial charge is 0.134 e. The number of rotatable bonds is 1. The molecule has 2 nitrogen and oxygen atoms in total. The highest BCUT2D eigenvalue weighted by atomic mass is 32.2. The van der Waals surface area contributed by atoms with Crippen LogP contribution in [-0.4, -0.2) is 4.55 Å².